The summed E-state index contributed by atoms with van der Waals surface area (Å²) < 4.78 is 11.3. The monoisotopic (exact) mass is 696 g/mol. The average molecular weight is 697 g/mol. The Kier molecular flexibility index (Phi) is 12.4. The maximum atomic E-state index is 11.7. The first-order valence-corrected chi connectivity index (χ1v) is 17.2. The Morgan fingerprint density at radius 3 is 1.22 bits per heavy atom. The predicted molar refractivity (Wildman–Crippen MR) is 206 cm³/mol. The van der Waals surface area contributed by atoms with Crippen molar-refractivity contribution in [1.29, 1.82) is 0 Å². The number of aryl methyl sites for hydroxylation is 1. The number of rotatable bonds is 6. The zero-order valence-electron chi connectivity index (χ0n) is 33.1. The molecule has 10 nitrogen and oxygen atoms in total. The third-order valence-electron chi connectivity index (χ3n) is 7.80. The van der Waals surface area contributed by atoms with Gasteiger partial charge in [-0.1, -0.05) is 83.1 Å². The molecule has 0 fully saturated rings. The number of benzene rings is 2. The molecule has 0 unspecified atom stereocenters. The van der Waals surface area contributed by atoms with Crippen LogP contribution in [-0.2, 0) is 31.2 Å². The van der Waals surface area contributed by atoms with E-state index in [0.29, 0.717) is 17.3 Å². The molecule has 0 atom stereocenters. The Hall–Kier alpha value is -4.86. The van der Waals surface area contributed by atoms with Crippen molar-refractivity contribution in [3.63, 3.8) is 0 Å². The molecule has 0 amide bonds. The second-order valence-electron chi connectivity index (χ2n) is 16.9. The van der Waals surface area contributed by atoms with E-state index >= 15 is 0 Å². The number of carbonyl (C=O) groups is 2. The van der Waals surface area contributed by atoms with E-state index in [9.17, 15) is 9.59 Å². The number of nitrogens with zero attached hydrogens (tertiary/aromatic N) is 4. The molecule has 4 rings (SSSR count). The van der Waals surface area contributed by atoms with E-state index in [0.717, 1.165) is 45.0 Å². The van der Waals surface area contributed by atoms with E-state index in [1.807, 2.05) is 31.2 Å². The van der Waals surface area contributed by atoms with Crippen LogP contribution < -0.4 is 20.1 Å². The van der Waals surface area contributed by atoms with Crippen LogP contribution in [0.25, 0.3) is 0 Å². The molecule has 2 N–H and O–H groups in total. The number of carbonyl (C=O) groups excluding carboxylic acids is 2. The fourth-order valence-electron chi connectivity index (χ4n) is 5.27. The van der Waals surface area contributed by atoms with E-state index in [2.05, 4.69) is 114 Å². The molecule has 274 valence electrons. The molecule has 0 saturated carbocycles. The van der Waals surface area contributed by atoms with Gasteiger partial charge in [-0.25, -0.2) is 15.0 Å². The Labute approximate surface area is 304 Å². The van der Waals surface area contributed by atoms with Crippen molar-refractivity contribution in [3.05, 3.63) is 83.3 Å². The number of hydrogen-bond acceptors (Lipinski definition) is 10. The van der Waals surface area contributed by atoms with Crippen LogP contribution in [0.15, 0.2) is 55.4 Å². The summed E-state index contributed by atoms with van der Waals surface area (Å²) in [6.45, 7) is 30.1. The molecule has 51 heavy (non-hydrogen) atoms. The maximum absolute atomic E-state index is 11.7. The van der Waals surface area contributed by atoms with Gasteiger partial charge in [0.2, 0.25) is 0 Å². The van der Waals surface area contributed by atoms with E-state index in [1.165, 1.54) is 20.2 Å². The van der Waals surface area contributed by atoms with Gasteiger partial charge in [-0.2, -0.15) is 0 Å². The van der Waals surface area contributed by atoms with Gasteiger partial charge in [-0.05, 0) is 52.8 Å². The SMILES string of the molecule is CC(=O)Oc1c(C(C)(C)C)cc(Nc2cnc(C)cn2)cc1C(C)(C)C.CC(=O)Oc1c(C(C)(C)C)cc(Nc2cncnc2)cc1C(C)(C)C. The number of aromatic nitrogens is 4. The number of ether oxygens (including phenoxy) is 2. The quantitative estimate of drug-likeness (QED) is 0.148. The summed E-state index contributed by atoms with van der Waals surface area (Å²) in [4.78, 5) is 40.1. The molecule has 2 aromatic carbocycles. The van der Waals surface area contributed by atoms with Crippen LogP contribution in [0, 0.1) is 6.92 Å². The molecule has 0 aliphatic rings. The molecule has 0 aliphatic carbocycles. The molecule has 0 bridgehead atoms. The average Bonchev–Trinajstić information content (AvgIpc) is 2.97. The molecule has 0 spiro atoms. The van der Waals surface area contributed by atoms with Gasteiger partial charge in [0.25, 0.3) is 0 Å². The Morgan fingerprint density at radius 1 is 0.529 bits per heavy atom. The zero-order chi connectivity index (χ0) is 38.5. The predicted octanol–water partition coefficient (Wildman–Crippen LogP) is 9.79. The highest BCUT2D eigenvalue weighted by atomic mass is 16.5. The first-order chi connectivity index (χ1) is 23.4. The molecular formula is C41H56N6O4. The lowest BCUT2D eigenvalue weighted by Crippen LogP contribution is -2.21. The van der Waals surface area contributed by atoms with Gasteiger partial charge in [0.15, 0.2) is 0 Å². The standard InChI is InChI=1S/C21H29N3O2.C20H27N3O2/c1-13-11-23-18(12-22-13)24-15-9-16(20(3,4)5)19(26-14(2)25)17(10-15)21(6,7)8;1-13(24)25-18-16(19(2,3)4)8-14(9-17(18)20(5,6)7)23-15-10-21-12-22-11-15/h9-12H,1-8H3,(H,23,24);8-12,23H,1-7H3. The van der Waals surface area contributed by atoms with Gasteiger partial charge in [0, 0.05) is 47.5 Å². The topological polar surface area (TPSA) is 128 Å². The number of hydrogen-bond donors (Lipinski definition) is 2. The first kappa shape index (κ1) is 40.6. The van der Waals surface area contributed by atoms with Gasteiger partial charge >= 0.3 is 11.9 Å². The summed E-state index contributed by atoms with van der Waals surface area (Å²) in [5.41, 5.74) is 6.64. The van der Waals surface area contributed by atoms with Gasteiger partial charge in [-0.15, -0.1) is 0 Å². The number of anilines is 4. The third-order valence-corrected chi connectivity index (χ3v) is 7.80. The highest BCUT2D eigenvalue weighted by molar-refractivity contribution is 5.74. The lowest BCUT2D eigenvalue weighted by molar-refractivity contribution is -0.133. The van der Waals surface area contributed by atoms with Gasteiger partial charge in [0.1, 0.15) is 23.6 Å². The van der Waals surface area contributed by atoms with Crippen molar-refractivity contribution in [2.45, 2.75) is 126 Å². The van der Waals surface area contributed by atoms with Crippen molar-refractivity contribution >= 4 is 34.8 Å². The molecule has 2 aromatic heterocycles. The second-order valence-corrected chi connectivity index (χ2v) is 16.9. The van der Waals surface area contributed by atoms with Crippen molar-refractivity contribution in [2.75, 3.05) is 10.6 Å². The van der Waals surface area contributed by atoms with Gasteiger partial charge in [-0.3, -0.25) is 14.6 Å². The minimum atomic E-state index is -0.314. The molecule has 10 heteroatoms. The highest BCUT2D eigenvalue weighted by Crippen LogP contribution is 2.44. The summed E-state index contributed by atoms with van der Waals surface area (Å²) in [6.07, 6.45) is 8.38. The molecule has 0 saturated heterocycles. The summed E-state index contributed by atoms with van der Waals surface area (Å²) in [5.74, 6) is 1.36. The minimum absolute atomic E-state index is 0.185. The Morgan fingerprint density at radius 2 is 0.902 bits per heavy atom. The van der Waals surface area contributed by atoms with Gasteiger partial charge in [0.05, 0.1) is 36.2 Å². The van der Waals surface area contributed by atoms with E-state index in [-0.39, 0.29) is 33.6 Å². The molecular weight excluding hydrogens is 640 g/mol. The zero-order valence-corrected chi connectivity index (χ0v) is 33.1. The minimum Gasteiger partial charge on any atom is -0.426 e. The van der Waals surface area contributed by atoms with Gasteiger partial charge < -0.3 is 20.1 Å². The molecule has 0 radical (unpaired) electrons. The lowest BCUT2D eigenvalue weighted by Gasteiger charge is -2.30. The van der Waals surface area contributed by atoms with E-state index in [1.54, 1.807) is 24.8 Å². The van der Waals surface area contributed by atoms with Crippen molar-refractivity contribution in [2.24, 2.45) is 0 Å². The normalized spacial score (nSPS) is 12.0. The number of esters is 2. The molecule has 0 aliphatic heterocycles. The van der Waals surface area contributed by atoms with Crippen molar-refractivity contribution < 1.29 is 19.1 Å². The second kappa shape index (κ2) is 15.6. The first-order valence-electron chi connectivity index (χ1n) is 17.2. The molecule has 4 aromatic rings. The summed E-state index contributed by atoms with van der Waals surface area (Å²) >= 11 is 0. The van der Waals surface area contributed by atoms with E-state index < -0.39 is 0 Å². The van der Waals surface area contributed by atoms with Crippen molar-refractivity contribution in [1.82, 2.24) is 19.9 Å². The largest absolute Gasteiger partial charge is 0.426 e. The van der Waals surface area contributed by atoms with Crippen molar-refractivity contribution in [3.8, 4) is 11.5 Å². The summed E-state index contributed by atoms with van der Waals surface area (Å²) in [7, 11) is 0. The van der Waals surface area contributed by atoms with Crippen LogP contribution in [0.3, 0.4) is 0 Å². The molecule has 2 heterocycles. The fraction of sp³-hybridized carbons (Fsp3) is 0.463. The van der Waals surface area contributed by atoms with Crippen LogP contribution in [0.4, 0.5) is 22.9 Å². The smallest absolute Gasteiger partial charge is 0.308 e. The third kappa shape index (κ3) is 11.6. The fourth-order valence-corrected chi connectivity index (χ4v) is 5.27. The van der Waals surface area contributed by atoms with Crippen LogP contribution >= 0.6 is 0 Å². The van der Waals surface area contributed by atoms with Crippen LogP contribution in [0.2, 0.25) is 0 Å². The summed E-state index contributed by atoms with van der Waals surface area (Å²) in [5, 5.41) is 6.67. The Balaban J connectivity index is 0.000000276. The van der Waals surface area contributed by atoms with Crippen LogP contribution in [0.5, 0.6) is 11.5 Å². The highest BCUT2D eigenvalue weighted by Gasteiger charge is 2.30. The van der Waals surface area contributed by atoms with Crippen LogP contribution in [0.1, 0.15) is 125 Å². The number of nitrogens with one attached hydrogen (secondary N) is 2. The van der Waals surface area contributed by atoms with E-state index in [4.69, 9.17) is 9.47 Å². The Bertz CT molecular complexity index is 1760. The maximum Gasteiger partial charge on any atom is 0.308 e. The summed E-state index contributed by atoms with van der Waals surface area (Å²) in [6, 6.07) is 8.10. The lowest BCUT2D eigenvalue weighted by atomic mass is 9.79. The van der Waals surface area contributed by atoms with Crippen LogP contribution in [-0.4, -0.2) is 31.9 Å².